The number of ether oxygens (including phenoxy) is 2. The lowest BCUT2D eigenvalue weighted by Crippen LogP contribution is -2.43. The number of aliphatic carboxylic acids is 1. The van der Waals surface area contributed by atoms with Gasteiger partial charge in [0, 0.05) is 10.0 Å². The van der Waals surface area contributed by atoms with Gasteiger partial charge in [-0.05, 0) is 30.4 Å². The van der Waals surface area contributed by atoms with E-state index in [4.69, 9.17) is 9.47 Å². The van der Waals surface area contributed by atoms with Crippen LogP contribution in [0.5, 0.6) is 11.5 Å². The highest BCUT2D eigenvalue weighted by Crippen LogP contribution is 2.53. The summed E-state index contributed by atoms with van der Waals surface area (Å²) in [6.07, 6.45) is 2.31. The predicted octanol–water partition coefficient (Wildman–Crippen LogP) is 3.85. The van der Waals surface area contributed by atoms with Crippen LogP contribution in [-0.2, 0) is 10.2 Å². The molecule has 0 amide bonds. The summed E-state index contributed by atoms with van der Waals surface area (Å²) in [5.41, 5.74) is 1.07. The van der Waals surface area contributed by atoms with Crippen LogP contribution in [-0.4, -0.2) is 24.3 Å². The van der Waals surface area contributed by atoms with E-state index in [1.807, 2.05) is 6.07 Å². The number of hydrogen-bond acceptors (Lipinski definition) is 3. The first-order valence-electron chi connectivity index (χ1n) is 7.33. The number of carboxylic acid groups (broad SMARTS) is 1. The molecule has 5 heteroatoms. The maximum absolute atomic E-state index is 11.9. The fourth-order valence-electron chi connectivity index (χ4n) is 3.32. The van der Waals surface area contributed by atoms with E-state index in [0.29, 0.717) is 31.8 Å². The first-order valence-corrected chi connectivity index (χ1v) is 8.12. The lowest BCUT2D eigenvalue weighted by molar-refractivity contribution is -0.147. The topological polar surface area (TPSA) is 55.8 Å². The molecule has 0 unspecified atom stereocenters. The first kappa shape index (κ1) is 14.7. The number of rotatable bonds is 3. The molecule has 4 nitrogen and oxygen atoms in total. The van der Waals surface area contributed by atoms with Crippen LogP contribution in [0, 0.1) is 0 Å². The van der Waals surface area contributed by atoms with Crippen LogP contribution in [0.4, 0.5) is 0 Å². The van der Waals surface area contributed by atoms with Gasteiger partial charge in [-0.1, -0.05) is 36.2 Å². The summed E-state index contributed by atoms with van der Waals surface area (Å²) in [6.45, 7) is 5.17. The summed E-state index contributed by atoms with van der Waals surface area (Å²) in [5.74, 6) is 0.861. The van der Waals surface area contributed by atoms with Gasteiger partial charge in [-0.25, -0.2) is 0 Å². The molecule has 0 saturated heterocycles. The quantitative estimate of drug-likeness (QED) is 0.895. The Bertz CT molecular complexity index is 590. The number of carboxylic acids is 1. The zero-order chi connectivity index (χ0) is 15.2. The summed E-state index contributed by atoms with van der Waals surface area (Å²) in [5, 5.41) is 9.78. The Hall–Kier alpha value is -1.23. The first-order chi connectivity index (χ1) is 9.97. The third-order valence-corrected chi connectivity index (χ3v) is 5.12. The van der Waals surface area contributed by atoms with Gasteiger partial charge < -0.3 is 14.6 Å². The van der Waals surface area contributed by atoms with E-state index in [2.05, 4.69) is 29.8 Å². The summed E-state index contributed by atoms with van der Waals surface area (Å²) in [4.78, 5) is 11.9. The molecule has 2 aliphatic rings. The van der Waals surface area contributed by atoms with Gasteiger partial charge in [0.1, 0.15) is 13.2 Å². The fourth-order valence-corrected chi connectivity index (χ4v) is 4.12. The van der Waals surface area contributed by atoms with Crippen molar-refractivity contribution in [3.63, 3.8) is 0 Å². The number of hydrogen-bond donors (Lipinski definition) is 1. The van der Waals surface area contributed by atoms with Crippen molar-refractivity contribution in [3.05, 3.63) is 21.7 Å². The zero-order valence-corrected chi connectivity index (χ0v) is 13.8. The highest BCUT2D eigenvalue weighted by molar-refractivity contribution is 9.10. The van der Waals surface area contributed by atoms with Crippen molar-refractivity contribution in [2.45, 2.75) is 44.4 Å². The second-order valence-electron chi connectivity index (χ2n) is 6.07. The maximum Gasteiger partial charge on any atom is 0.314 e. The van der Waals surface area contributed by atoms with Crippen LogP contribution >= 0.6 is 15.9 Å². The van der Waals surface area contributed by atoms with Crippen LogP contribution in [0.25, 0.3) is 0 Å². The largest absolute Gasteiger partial charge is 0.486 e. The van der Waals surface area contributed by atoms with Crippen LogP contribution in [0.15, 0.2) is 10.5 Å². The molecule has 0 aromatic heterocycles. The van der Waals surface area contributed by atoms with E-state index in [1.165, 1.54) is 0 Å². The Morgan fingerprint density at radius 2 is 2.00 bits per heavy atom. The monoisotopic (exact) mass is 354 g/mol. The van der Waals surface area contributed by atoms with E-state index in [-0.39, 0.29) is 5.92 Å². The van der Waals surface area contributed by atoms with E-state index in [9.17, 15) is 9.90 Å². The average Bonchev–Trinajstić information content (AvgIpc) is 2.36. The SMILES string of the molecule is CC(C)c1c2c(cc(Br)c1C1(C(=O)O)CCC1)OCCO2. The van der Waals surface area contributed by atoms with Crippen LogP contribution < -0.4 is 9.47 Å². The molecular formula is C16H19BrO4. The van der Waals surface area contributed by atoms with Gasteiger partial charge in [0.05, 0.1) is 5.41 Å². The molecule has 1 aliphatic heterocycles. The molecule has 0 atom stereocenters. The number of benzene rings is 1. The summed E-state index contributed by atoms with van der Waals surface area (Å²) >= 11 is 3.57. The summed E-state index contributed by atoms with van der Waals surface area (Å²) in [6, 6.07) is 1.86. The Kier molecular flexibility index (Phi) is 3.64. The van der Waals surface area contributed by atoms with Crippen LogP contribution in [0.3, 0.4) is 0 Å². The fraction of sp³-hybridized carbons (Fsp3) is 0.562. The molecule has 0 spiro atoms. The highest BCUT2D eigenvalue weighted by Gasteiger charge is 2.49. The lowest BCUT2D eigenvalue weighted by Gasteiger charge is -2.41. The molecule has 1 fully saturated rings. The minimum absolute atomic E-state index is 0.171. The van der Waals surface area contributed by atoms with Gasteiger partial charge in [-0.3, -0.25) is 4.79 Å². The lowest BCUT2D eigenvalue weighted by atomic mass is 9.62. The van der Waals surface area contributed by atoms with Crippen molar-refractivity contribution in [1.82, 2.24) is 0 Å². The minimum atomic E-state index is -0.783. The zero-order valence-electron chi connectivity index (χ0n) is 12.2. The van der Waals surface area contributed by atoms with Crippen molar-refractivity contribution in [2.75, 3.05) is 13.2 Å². The van der Waals surface area contributed by atoms with Crippen molar-refractivity contribution in [3.8, 4) is 11.5 Å². The van der Waals surface area contributed by atoms with Gasteiger partial charge in [-0.2, -0.15) is 0 Å². The summed E-state index contributed by atoms with van der Waals surface area (Å²) in [7, 11) is 0. The van der Waals surface area contributed by atoms with Crippen LogP contribution in [0.2, 0.25) is 0 Å². The molecule has 0 radical (unpaired) electrons. The van der Waals surface area contributed by atoms with Gasteiger partial charge in [-0.15, -0.1) is 0 Å². The Morgan fingerprint density at radius 3 is 2.52 bits per heavy atom. The standard InChI is InChI=1S/C16H19BrO4/c1-9(2)12-13(16(15(18)19)4-3-5-16)10(17)8-11-14(12)21-7-6-20-11/h8-9H,3-7H2,1-2H3,(H,18,19). The van der Waals surface area contributed by atoms with Gasteiger partial charge >= 0.3 is 5.97 Å². The van der Waals surface area contributed by atoms with Gasteiger partial charge in [0.2, 0.25) is 0 Å². The molecule has 114 valence electrons. The molecule has 1 aliphatic carbocycles. The van der Waals surface area contributed by atoms with E-state index >= 15 is 0 Å². The molecule has 3 rings (SSSR count). The summed E-state index contributed by atoms with van der Waals surface area (Å²) < 4.78 is 12.3. The van der Waals surface area contributed by atoms with E-state index in [1.54, 1.807) is 0 Å². The molecule has 0 bridgehead atoms. The second-order valence-corrected chi connectivity index (χ2v) is 6.92. The van der Waals surface area contributed by atoms with E-state index in [0.717, 1.165) is 27.8 Å². The Morgan fingerprint density at radius 1 is 1.33 bits per heavy atom. The van der Waals surface area contributed by atoms with Gasteiger partial charge in [0.25, 0.3) is 0 Å². The third-order valence-electron chi connectivity index (χ3n) is 4.49. The normalized spacial score (nSPS) is 19.2. The number of carbonyl (C=O) groups is 1. The number of halogens is 1. The third kappa shape index (κ3) is 2.13. The van der Waals surface area contributed by atoms with Crippen molar-refractivity contribution >= 4 is 21.9 Å². The molecular weight excluding hydrogens is 336 g/mol. The molecule has 1 aromatic rings. The maximum atomic E-state index is 11.9. The average molecular weight is 355 g/mol. The Labute approximate surface area is 132 Å². The molecule has 1 heterocycles. The minimum Gasteiger partial charge on any atom is -0.486 e. The predicted molar refractivity (Wildman–Crippen MR) is 82.4 cm³/mol. The number of fused-ring (bicyclic) bond motifs is 1. The Balaban J connectivity index is 2.26. The van der Waals surface area contributed by atoms with Crippen LogP contribution in [0.1, 0.15) is 50.2 Å². The molecule has 21 heavy (non-hydrogen) atoms. The smallest absolute Gasteiger partial charge is 0.314 e. The highest BCUT2D eigenvalue weighted by atomic mass is 79.9. The second kappa shape index (κ2) is 5.20. The molecule has 1 saturated carbocycles. The van der Waals surface area contributed by atoms with E-state index < -0.39 is 11.4 Å². The van der Waals surface area contributed by atoms with Crippen molar-refractivity contribution < 1.29 is 19.4 Å². The molecule has 1 N–H and O–H groups in total. The molecule has 1 aromatic carbocycles. The van der Waals surface area contributed by atoms with Gasteiger partial charge in [0.15, 0.2) is 11.5 Å². The van der Waals surface area contributed by atoms with Crippen molar-refractivity contribution in [2.24, 2.45) is 0 Å². The van der Waals surface area contributed by atoms with Crippen molar-refractivity contribution in [1.29, 1.82) is 0 Å².